The highest BCUT2D eigenvalue weighted by molar-refractivity contribution is 7.12. The second-order valence-corrected chi connectivity index (χ2v) is 6.94. The molecule has 3 N–H and O–H groups in total. The van der Waals surface area contributed by atoms with Gasteiger partial charge < -0.3 is 15.7 Å². The first-order chi connectivity index (χ1) is 11.8. The summed E-state index contributed by atoms with van der Waals surface area (Å²) in [5.74, 6) is -1.89. The lowest BCUT2D eigenvalue weighted by Gasteiger charge is -2.22. The molecule has 2 amide bonds. The van der Waals surface area contributed by atoms with E-state index in [4.69, 9.17) is 5.11 Å². The lowest BCUT2D eigenvalue weighted by Crippen LogP contribution is -2.47. The maximum Gasteiger partial charge on any atom is 0.335 e. The zero-order valence-corrected chi connectivity index (χ0v) is 15.0. The number of hydrogen-bond acceptors (Lipinski definition) is 4. The molecule has 0 radical (unpaired) electrons. The number of benzene rings is 1. The van der Waals surface area contributed by atoms with Gasteiger partial charge in [0.05, 0.1) is 10.4 Å². The molecule has 0 spiro atoms. The van der Waals surface area contributed by atoms with Gasteiger partial charge in [-0.1, -0.05) is 26.0 Å². The number of rotatable bonds is 6. The van der Waals surface area contributed by atoms with Crippen molar-refractivity contribution >= 4 is 34.8 Å². The number of carboxylic acid groups (broad SMARTS) is 1. The first-order valence-electron chi connectivity index (χ1n) is 7.78. The Morgan fingerprint density at radius 2 is 1.88 bits per heavy atom. The van der Waals surface area contributed by atoms with Gasteiger partial charge >= 0.3 is 5.97 Å². The third-order valence-corrected chi connectivity index (χ3v) is 4.59. The summed E-state index contributed by atoms with van der Waals surface area (Å²) in [6, 6.07) is 7.25. The van der Waals surface area contributed by atoms with Gasteiger partial charge in [-0.2, -0.15) is 0 Å². The van der Waals surface area contributed by atoms with E-state index in [-0.39, 0.29) is 23.3 Å². The molecule has 0 aliphatic carbocycles. The summed E-state index contributed by atoms with van der Waals surface area (Å²) in [6.45, 7) is 5.44. The van der Waals surface area contributed by atoms with Gasteiger partial charge in [0.15, 0.2) is 0 Å². The fourth-order valence-corrected chi connectivity index (χ4v) is 2.88. The van der Waals surface area contributed by atoms with Gasteiger partial charge in [0, 0.05) is 5.69 Å². The van der Waals surface area contributed by atoms with Crippen LogP contribution in [0.25, 0.3) is 0 Å². The van der Waals surface area contributed by atoms with Crippen LogP contribution < -0.4 is 10.6 Å². The van der Waals surface area contributed by atoms with Crippen LogP contribution in [-0.4, -0.2) is 28.9 Å². The van der Waals surface area contributed by atoms with Gasteiger partial charge in [-0.25, -0.2) is 4.79 Å². The second-order valence-electron chi connectivity index (χ2n) is 6.00. The molecule has 1 aromatic heterocycles. The molecule has 6 nitrogen and oxygen atoms in total. The molecule has 2 aromatic rings. The Labute approximate surface area is 149 Å². The number of aromatic carboxylic acids is 1. The van der Waals surface area contributed by atoms with E-state index in [0.29, 0.717) is 10.6 Å². The van der Waals surface area contributed by atoms with Crippen LogP contribution in [0.5, 0.6) is 0 Å². The van der Waals surface area contributed by atoms with Crippen LogP contribution in [0.3, 0.4) is 0 Å². The summed E-state index contributed by atoms with van der Waals surface area (Å²) in [6.07, 6.45) is 0. The number of nitrogens with one attached hydrogen (secondary N) is 2. The molecule has 132 valence electrons. The lowest BCUT2D eigenvalue weighted by atomic mass is 10.0. The van der Waals surface area contributed by atoms with Crippen molar-refractivity contribution in [1.29, 1.82) is 0 Å². The topological polar surface area (TPSA) is 95.5 Å². The monoisotopic (exact) mass is 360 g/mol. The highest BCUT2D eigenvalue weighted by Gasteiger charge is 2.25. The molecular weight excluding hydrogens is 340 g/mol. The number of anilines is 1. The predicted octanol–water partition coefficient (Wildman–Crippen LogP) is 3.15. The lowest BCUT2D eigenvalue weighted by molar-refractivity contribution is -0.118. The molecule has 0 aliphatic rings. The summed E-state index contributed by atoms with van der Waals surface area (Å²) in [4.78, 5) is 36.5. The van der Waals surface area contributed by atoms with E-state index in [0.717, 1.165) is 5.56 Å². The van der Waals surface area contributed by atoms with Crippen LogP contribution in [0.4, 0.5) is 5.69 Å². The number of aryl methyl sites for hydroxylation is 1. The third-order valence-electron chi connectivity index (χ3n) is 3.72. The zero-order chi connectivity index (χ0) is 18.6. The maximum atomic E-state index is 12.6. The molecule has 1 unspecified atom stereocenters. The molecule has 0 aliphatic heterocycles. The summed E-state index contributed by atoms with van der Waals surface area (Å²) < 4.78 is 0. The quantitative estimate of drug-likeness (QED) is 0.737. The van der Waals surface area contributed by atoms with E-state index < -0.39 is 12.0 Å². The average molecular weight is 360 g/mol. The van der Waals surface area contributed by atoms with Crippen LogP contribution in [0.15, 0.2) is 35.7 Å². The van der Waals surface area contributed by atoms with Crippen molar-refractivity contribution in [1.82, 2.24) is 5.32 Å². The number of thiophene rings is 1. The first-order valence-corrected chi connectivity index (χ1v) is 8.66. The number of carbonyl (C=O) groups excluding carboxylic acids is 2. The number of hydrogen-bond donors (Lipinski definition) is 3. The van der Waals surface area contributed by atoms with E-state index in [9.17, 15) is 14.4 Å². The zero-order valence-electron chi connectivity index (χ0n) is 14.2. The van der Waals surface area contributed by atoms with Crippen LogP contribution in [0, 0.1) is 12.8 Å². The minimum atomic E-state index is -1.07. The minimum absolute atomic E-state index is 0.0876. The fourth-order valence-electron chi connectivity index (χ4n) is 2.26. The summed E-state index contributed by atoms with van der Waals surface area (Å²) in [7, 11) is 0. The van der Waals surface area contributed by atoms with Crippen molar-refractivity contribution < 1.29 is 19.5 Å². The Kier molecular flexibility index (Phi) is 5.93. The summed E-state index contributed by atoms with van der Waals surface area (Å²) in [5.41, 5.74) is 1.25. The third kappa shape index (κ3) is 4.67. The van der Waals surface area contributed by atoms with Crippen molar-refractivity contribution in [3.05, 3.63) is 51.7 Å². The molecule has 0 fully saturated rings. The van der Waals surface area contributed by atoms with Gasteiger partial charge in [-0.05, 0) is 42.0 Å². The highest BCUT2D eigenvalue weighted by Crippen LogP contribution is 2.18. The molecule has 1 aromatic carbocycles. The van der Waals surface area contributed by atoms with Crippen molar-refractivity contribution in [3.8, 4) is 0 Å². The molecule has 25 heavy (non-hydrogen) atoms. The molecule has 7 heteroatoms. The second kappa shape index (κ2) is 7.94. The summed E-state index contributed by atoms with van der Waals surface area (Å²) >= 11 is 1.30. The van der Waals surface area contributed by atoms with Crippen molar-refractivity contribution in [2.75, 3.05) is 5.32 Å². The van der Waals surface area contributed by atoms with Gasteiger partial charge in [0.1, 0.15) is 6.04 Å². The molecule has 0 saturated carbocycles. The van der Waals surface area contributed by atoms with Crippen molar-refractivity contribution in [2.24, 2.45) is 5.92 Å². The van der Waals surface area contributed by atoms with Gasteiger partial charge in [-0.15, -0.1) is 11.3 Å². The van der Waals surface area contributed by atoms with E-state index in [1.54, 1.807) is 30.5 Å². The molecule has 1 atom stereocenters. The van der Waals surface area contributed by atoms with Crippen LogP contribution in [-0.2, 0) is 4.79 Å². The maximum absolute atomic E-state index is 12.6. The Morgan fingerprint density at radius 1 is 1.16 bits per heavy atom. The highest BCUT2D eigenvalue weighted by atomic mass is 32.1. The number of carboxylic acids is 1. The van der Waals surface area contributed by atoms with Crippen molar-refractivity contribution in [2.45, 2.75) is 26.8 Å². The molecular formula is C18H20N2O4S. The van der Waals surface area contributed by atoms with E-state index in [2.05, 4.69) is 10.6 Å². The van der Waals surface area contributed by atoms with Crippen LogP contribution in [0.1, 0.15) is 39.4 Å². The molecule has 0 saturated heterocycles. The Bertz CT molecular complexity index is 784. The summed E-state index contributed by atoms with van der Waals surface area (Å²) in [5, 5.41) is 16.3. The number of carbonyl (C=O) groups is 3. The van der Waals surface area contributed by atoms with Crippen LogP contribution in [0.2, 0.25) is 0 Å². The van der Waals surface area contributed by atoms with Crippen LogP contribution >= 0.6 is 11.3 Å². The largest absolute Gasteiger partial charge is 0.478 e. The standard InChI is InChI=1S/C18H20N2O4S/c1-10(2)15(20-16(21)14-5-4-8-25-14)17(22)19-13-9-12(18(23)24)7-6-11(13)3/h4-10,15H,1-3H3,(H,19,22)(H,20,21)(H,23,24). The molecule has 2 rings (SSSR count). The van der Waals surface area contributed by atoms with Gasteiger partial charge in [-0.3, -0.25) is 9.59 Å². The molecule has 0 bridgehead atoms. The average Bonchev–Trinajstić information content (AvgIpc) is 3.08. The minimum Gasteiger partial charge on any atom is -0.478 e. The fraction of sp³-hybridized carbons (Fsp3) is 0.278. The normalized spacial score (nSPS) is 11.8. The van der Waals surface area contributed by atoms with E-state index in [1.807, 2.05) is 13.8 Å². The smallest absolute Gasteiger partial charge is 0.335 e. The van der Waals surface area contributed by atoms with Gasteiger partial charge in [0.25, 0.3) is 5.91 Å². The first kappa shape index (κ1) is 18.7. The Morgan fingerprint density at radius 3 is 2.44 bits per heavy atom. The Balaban J connectivity index is 2.17. The Hall–Kier alpha value is -2.67. The molecule has 1 heterocycles. The van der Waals surface area contributed by atoms with E-state index in [1.165, 1.54) is 23.5 Å². The van der Waals surface area contributed by atoms with E-state index >= 15 is 0 Å². The SMILES string of the molecule is Cc1ccc(C(=O)O)cc1NC(=O)C(NC(=O)c1cccs1)C(C)C. The number of amides is 2. The van der Waals surface area contributed by atoms with Crippen molar-refractivity contribution in [3.63, 3.8) is 0 Å². The predicted molar refractivity (Wildman–Crippen MR) is 97.2 cm³/mol. The van der Waals surface area contributed by atoms with Gasteiger partial charge in [0.2, 0.25) is 5.91 Å².